The van der Waals surface area contributed by atoms with Gasteiger partial charge in [-0.3, -0.25) is 0 Å². The van der Waals surface area contributed by atoms with Gasteiger partial charge in [0.1, 0.15) is 5.75 Å². The maximum absolute atomic E-state index is 9.35. The normalized spacial score (nSPS) is 20.5. The highest BCUT2D eigenvalue weighted by Gasteiger charge is 2.19. The summed E-state index contributed by atoms with van der Waals surface area (Å²) in [5, 5.41) is 12.7. The number of methoxy groups -OCH3 is 1. The Morgan fingerprint density at radius 3 is 3.21 bits per heavy atom. The van der Waals surface area contributed by atoms with Gasteiger partial charge in [-0.15, -0.1) is 0 Å². The Bertz CT molecular complexity index is 325. The molecule has 0 spiro atoms. The molecule has 0 aromatic heterocycles. The third-order valence-electron chi connectivity index (χ3n) is 2.64. The summed E-state index contributed by atoms with van der Waals surface area (Å²) in [7, 11) is 1.72. The highest BCUT2D eigenvalue weighted by atomic mass is 16.5. The molecule has 1 aromatic carbocycles. The van der Waals surface area contributed by atoms with Crippen molar-refractivity contribution in [2.45, 2.75) is 12.5 Å². The number of rotatable bonds is 2. The van der Waals surface area contributed by atoms with Crippen LogP contribution in [-0.2, 0) is 11.3 Å². The van der Waals surface area contributed by atoms with Crippen molar-refractivity contribution in [3.8, 4) is 5.75 Å². The van der Waals surface area contributed by atoms with E-state index in [4.69, 9.17) is 4.74 Å². The molecule has 3 nitrogen and oxygen atoms in total. The first kappa shape index (κ1) is 9.49. The molecule has 1 unspecified atom stereocenters. The second-order valence-corrected chi connectivity index (χ2v) is 3.67. The number of phenols is 1. The standard InChI is InChI=1S/C11H15NO2/c1-14-7-9-6-12-5-8-4-10(13)2-3-11(8)9/h2-4,9,12-13H,5-7H2,1H3. The second-order valence-electron chi connectivity index (χ2n) is 3.67. The molecule has 76 valence electrons. The zero-order valence-electron chi connectivity index (χ0n) is 8.29. The highest BCUT2D eigenvalue weighted by molar-refractivity contribution is 5.38. The van der Waals surface area contributed by atoms with E-state index >= 15 is 0 Å². The summed E-state index contributed by atoms with van der Waals surface area (Å²) in [6, 6.07) is 5.56. The van der Waals surface area contributed by atoms with Crippen molar-refractivity contribution >= 4 is 0 Å². The van der Waals surface area contributed by atoms with E-state index in [0.717, 1.165) is 19.7 Å². The van der Waals surface area contributed by atoms with Crippen LogP contribution < -0.4 is 5.32 Å². The lowest BCUT2D eigenvalue weighted by Gasteiger charge is -2.25. The van der Waals surface area contributed by atoms with Crippen LogP contribution in [0.1, 0.15) is 17.0 Å². The zero-order chi connectivity index (χ0) is 9.97. The lowest BCUT2D eigenvalue weighted by molar-refractivity contribution is 0.175. The quantitative estimate of drug-likeness (QED) is 0.742. The summed E-state index contributed by atoms with van der Waals surface area (Å²) >= 11 is 0. The third kappa shape index (κ3) is 1.74. The van der Waals surface area contributed by atoms with Crippen LogP contribution in [0.3, 0.4) is 0 Å². The van der Waals surface area contributed by atoms with Crippen LogP contribution in [0.2, 0.25) is 0 Å². The van der Waals surface area contributed by atoms with Crippen molar-refractivity contribution in [2.24, 2.45) is 0 Å². The Kier molecular flexibility index (Phi) is 2.70. The van der Waals surface area contributed by atoms with Gasteiger partial charge in [0, 0.05) is 26.1 Å². The fourth-order valence-electron chi connectivity index (χ4n) is 1.98. The van der Waals surface area contributed by atoms with Crippen molar-refractivity contribution < 1.29 is 9.84 Å². The van der Waals surface area contributed by atoms with Crippen LogP contribution in [0.4, 0.5) is 0 Å². The molecule has 1 aliphatic heterocycles. The highest BCUT2D eigenvalue weighted by Crippen LogP contribution is 2.26. The van der Waals surface area contributed by atoms with E-state index in [9.17, 15) is 5.11 Å². The van der Waals surface area contributed by atoms with Gasteiger partial charge in [-0.05, 0) is 23.3 Å². The van der Waals surface area contributed by atoms with Crippen LogP contribution in [0.25, 0.3) is 0 Å². The van der Waals surface area contributed by atoms with Crippen molar-refractivity contribution in [3.63, 3.8) is 0 Å². The molecule has 0 fully saturated rings. The van der Waals surface area contributed by atoms with E-state index in [1.807, 2.05) is 12.1 Å². The minimum Gasteiger partial charge on any atom is -0.508 e. The van der Waals surface area contributed by atoms with Crippen molar-refractivity contribution in [1.82, 2.24) is 5.32 Å². The van der Waals surface area contributed by atoms with Crippen molar-refractivity contribution in [2.75, 3.05) is 20.3 Å². The van der Waals surface area contributed by atoms with E-state index < -0.39 is 0 Å². The Hall–Kier alpha value is -1.06. The lowest BCUT2D eigenvalue weighted by Crippen LogP contribution is -2.30. The SMILES string of the molecule is COCC1CNCc2cc(O)ccc21. The Morgan fingerprint density at radius 1 is 1.57 bits per heavy atom. The van der Waals surface area contributed by atoms with Crippen molar-refractivity contribution in [3.05, 3.63) is 29.3 Å². The number of nitrogens with one attached hydrogen (secondary N) is 1. The molecule has 1 aromatic rings. The van der Waals surface area contributed by atoms with Crippen LogP contribution in [-0.4, -0.2) is 25.4 Å². The first-order valence-corrected chi connectivity index (χ1v) is 4.82. The maximum atomic E-state index is 9.35. The average molecular weight is 193 g/mol. The first-order chi connectivity index (χ1) is 6.81. The lowest BCUT2D eigenvalue weighted by atomic mass is 9.91. The molecule has 0 amide bonds. The largest absolute Gasteiger partial charge is 0.508 e. The molecule has 0 bridgehead atoms. The van der Waals surface area contributed by atoms with E-state index in [1.54, 1.807) is 13.2 Å². The Morgan fingerprint density at radius 2 is 2.43 bits per heavy atom. The molecule has 3 heteroatoms. The summed E-state index contributed by atoms with van der Waals surface area (Å²) in [6.07, 6.45) is 0. The van der Waals surface area contributed by atoms with Crippen LogP contribution in [0, 0.1) is 0 Å². The maximum Gasteiger partial charge on any atom is 0.115 e. The number of aromatic hydroxyl groups is 1. The number of hydrogen-bond acceptors (Lipinski definition) is 3. The summed E-state index contributed by atoms with van der Waals surface area (Å²) < 4.78 is 5.17. The van der Waals surface area contributed by atoms with Crippen molar-refractivity contribution in [1.29, 1.82) is 0 Å². The van der Waals surface area contributed by atoms with Gasteiger partial charge in [-0.25, -0.2) is 0 Å². The smallest absolute Gasteiger partial charge is 0.115 e. The fourth-order valence-corrected chi connectivity index (χ4v) is 1.98. The molecular formula is C11H15NO2. The van der Waals surface area contributed by atoms with Crippen LogP contribution in [0.5, 0.6) is 5.75 Å². The van der Waals surface area contributed by atoms with Gasteiger partial charge in [0.05, 0.1) is 6.61 Å². The average Bonchev–Trinajstić information content (AvgIpc) is 2.18. The molecule has 0 aliphatic carbocycles. The molecule has 0 saturated carbocycles. The van der Waals surface area contributed by atoms with Gasteiger partial charge < -0.3 is 15.2 Å². The molecule has 1 atom stereocenters. The van der Waals surface area contributed by atoms with Gasteiger partial charge in [0.15, 0.2) is 0 Å². The van der Waals surface area contributed by atoms with Crippen LogP contribution in [0.15, 0.2) is 18.2 Å². The molecule has 1 heterocycles. The number of fused-ring (bicyclic) bond motifs is 1. The summed E-state index contributed by atoms with van der Waals surface area (Å²) in [4.78, 5) is 0. The number of benzene rings is 1. The molecule has 2 N–H and O–H groups in total. The summed E-state index contributed by atoms with van der Waals surface area (Å²) in [5.74, 6) is 0.743. The summed E-state index contributed by atoms with van der Waals surface area (Å²) in [6.45, 7) is 2.51. The van der Waals surface area contributed by atoms with E-state index in [2.05, 4.69) is 5.32 Å². The minimum absolute atomic E-state index is 0.337. The third-order valence-corrected chi connectivity index (χ3v) is 2.64. The molecule has 0 radical (unpaired) electrons. The van der Waals surface area contributed by atoms with Gasteiger partial charge in [0.2, 0.25) is 0 Å². The van der Waals surface area contributed by atoms with Crippen LogP contribution >= 0.6 is 0 Å². The summed E-state index contributed by atoms with van der Waals surface area (Å²) in [5.41, 5.74) is 2.47. The minimum atomic E-state index is 0.337. The molecule has 0 saturated heterocycles. The predicted molar refractivity (Wildman–Crippen MR) is 54.4 cm³/mol. The number of hydrogen-bond donors (Lipinski definition) is 2. The Labute approximate surface area is 83.7 Å². The number of ether oxygens (including phenoxy) is 1. The van der Waals surface area contributed by atoms with E-state index in [1.165, 1.54) is 11.1 Å². The van der Waals surface area contributed by atoms with Gasteiger partial charge >= 0.3 is 0 Å². The monoisotopic (exact) mass is 193 g/mol. The zero-order valence-corrected chi connectivity index (χ0v) is 8.29. The van der Waals surface area contributed by atoms with Gasteiger partial charge in [-0.1, -0.05) is 6.07 Å². The molecule has 14 heavy (non-hydrogen) atoms. The van der Waals surface area contributed by atoms with Gasteiger partial charge in [-0.2, -0.15) is 0 Å². The number of phenolic OH excluding ortho intramolecular Hbond substituents is 1. The van der Waals surface area contributed by atoms with E-state index in [-0.39, 0.29) is 0 Å². The molecule has 2 rings (SSSR count). The Balaban J connectivity index is 2.30. The first-order valence-electron chi connectivity index (χ1n) is 4.82. The topological polar surface area (TPSA) is 41.5 Å². The van der Waals surface area contributed by atoms with Gasteiger partial charge in [0.25, 0.3) is 0 Å². The molecule has 1 aliphatic rings. The predicted octanol–water partition coefficient (Wildman–Crippen LogP) is 1.23. The second kappa shape index (κ2) is 3.98. The van der Waals surface area contributed by atoms with E-state index in [0.29, 0.717) is 11.7 Å². The molecular weight excluding hydrogens is 178 g/mol. The fraction of sp³-hybridized carbons (Fsp3) is 0.455.